The zero-order valence-electron chi connectivity index (χ0n) is 13.9. The molecule has 0 saturated heterocycles. The highest BCUT2D eigenvalue weighted by Gasteiger charge is 2.24. The number of methoxy groups -OCH3 is 1. The number of anilines is 1. The van der Waals surface area contributed by atoms with Crippen molar-refractivity contribution in [2.45, 2.75) is 19.8 Å². The Balaban J connectivity index is 2.22. The quantitative estimate of drug-likeness (QED) is 0.844. The van der Waals surface area contributed by atoms with Gasteiger partial charge in [0.1, 0.15) is 5.82 Å². The van der Waals surface area contributed by atoms with E-state index in [1.165, 1.54) is 19.2 Å². The standard InChI is InChI=1S/C19H20FNO3/c1-12(2)17(13-7-9-15(20)10-8-13)18(22)21-16-6-4-5-14(11-16)19(23)24-3/h4-12,17H,1-3H3,(H,21,22). The summed E-state index contributed by atoms with van der Waals surface area (Å²) in [6.07, 6.45) is 0. The molecule has 2 rings (SSSR count). The number of rotatable bonds is 5. The fourth-order valence-electron chi connectivity index (χ4n) is 2.57. The van der Waals surface area contributed by atoms with Gasteiger partial charge in [-0.3, -0.25) is 4.79 Å². The lowest BCUT2D eigenvalue weighted by atomic mass is 9.87. The number of ether oxygens (including phenoxy) is 1. The predicted molar refractivity (Wildman–Crippen MR) is 90.4 cm³/mol. The highest BCUT2D eigenvalue weighted by molar-refractivity contribution is 5.97. The van der Waals surface area contributed by atoms with E-state index >= 15 is 0 Å². The van der Waals surface area contributed by atoms with Crippen molar-refractivity contribution in [1.82, 2.24) is 0 Å². The number of nitrogens with one attached hydrogen (secondary N) is 1. The lowest BCUT2D eigenvalue weighted by Crippen LogP contribution is -2.25. The summed E-state index contributed by atoms with van der Waals surface area (Å²) in [5.74, 6) is -1.41. The number of carbonyl (C=O) groups excluding carboxylic acids is 2. The summed E-state index contributed by atoms with van der Waals surface area (Å²) in [7, 11) is 1.30. The Morgan fingerprint density at radius 1 is 1.08 bits per heavy atom. The van der Waals surface area contributed by atoms with E-state index in [1.807, 2.05) is 13.8 Å². The minimum absolute atomic E-state index is 0.0271. The summed E-state index contributed by atoms with van der Waals surface area (Å²) in [5.41, 5.74) is 1.61. The van der Waals surface area contributed by atoms with Crippen LogP contribution in [0.5, 0.6) is 0 Å². The van der Waals surface area contributed by atoms with E-state index in [0.717, 1.165) is 5.56 Å². The van der Waals surface area contributed by atoms with Crippen molar-refractivity contribution in [1.29, 1.82) is 0 Å². The molecule has 0 aliphatic carbocycles. The molecule has 1 unspecified atom stereocenters. The zero-order valence-corrected chi connectivity index (χ0v) is 13.9. The molecule has 2 aromatic rings. The van der Waals surface area contributed by atoms with Gasteiger partial charge in [-0.25, -0.2) is 9.18 Å². The fraction of sp³-hybridized carbons (Fsp3) is 0.263. The molecule has 0 saturated carbocycles. The number of amides is 1. The minimum Gasteiger partial charge on any atom is -0.465 e. The highest BCUT2D eigenvalue weighted by atomic mass is 19.1. The van der Waals surface area contributed by atoms with Gasteiger partial charge < -0.3 is 10.1 Å². The maximum atomic E-state index is 13.1. The van der Waals surface area contributed by atoms with Gasteiger partial charge in [-0.2, -0.15) is 0 Å². The Morgan fingerprint density at radius 2 is 1.75 bits per heavy atom. The van der Waals surface area contributed by atoms with E-state index in [4.69, 9.17) is 0 Å². The third-order valence-corrected chi connectivity index (χ3v) is 3.73. The second-order valence-corrected chi connectivity index (χ2v) is 5.83. The van der Waals surface area contributed by atoms with Crippen molar-refractivity contribution >= 4 is 17.6 Å². The lowest BCUT2D eigenvalue weighted by Gasteiger charge is -2.21. The van der Waals surface area contributed by atoms with Crippen LogP contribution in [0, 0.1) is 11.7 Å². The van der Waals surface area contributed by atoms with Crippen LogP contribution in [-0.2, 0) is 9.53 Å². The van der Waals surface area contributed by atoms with E-state index in [0.29, 0.717) is 11.3 Å². The van der Waals surface area contributed by atoms with Gasteiger partial charge in [-0.05, 0) is 41.8 Å². The Labute approximate surface area is 140 Å². The van der Waals surface area contributed by atoms with Crippen molar-refractivity contribution in [3.63, 3.8) is 0 Å². The molecule has 0 aromatic heterocycles. The largest absolute Gasteiger partial charge is 0.465 e. The van der Waals surface area contributed by atoms with Crippen LogP contribution in [0.3, 0.4) is 0 Å². The maximum Gasteiger partial charge on any atom is 0.337 e. The van der Waals surface area contributed by atoms with Crippen molar-refractivity contribution in [3.8, 4) is 0 Å². The van der Waals surface area contributed by atoms with Gasteiger partial charge in [-0.1, -0.05) is 32.0 Å². The Hall–Kier alpha value is -2.69. The molecule has 0 fully saturated rings. The monoisotopic (exact) mass is 329 g/mol. The molecule has 0 spiro atoms. The number of hydrogen-bond donors (Lipinski definition) is 1. The van der Waals surface area contributed by atoms with Crippen molar-refractivity contribution in [2.24, 2.45) is 5.92 Å². The first-order valence-corrected chi connectivity index (χ1v) is 7.67. The van der Waals surface area contributed by atoms with Gasteiger partial charge in [0.15, 0.2) is 0 Å². The molecule has 1 atom stereocenters. The summed E-state index contributed by atoms with van der Waals surface area (Å²) in [6.45, 7) is 3.86. The Kier molecular flexibility index (Phi) is 5.68. The molecular weight excluding hydrogens is 309 g/mol. The van der Waals surface area contributed by atoms with Crippen LogP contribution < -0.4 is 5.32 Å². The molecule has 1 amide bonds. The van der Waals surface area contributed by atoms with Crippen molar-refractivity contribution in [2.75, 3.05) is 12.4 Å². The molecule has 2 aromatic carbocycles. The minimum atomic E-state index is -0.468. The second kappa shape index (κ2) is 7.73. The third-order valence-electron chi connectivity index (χ3n) is 3.73. The number of hydrogen-bond acceptors (Lipinski definition) is 3. The maximum absolute atomic E-state index is 13.1. The molecule has 5 heteroatoms. The molecule has 0 aliphatic rings. The fourth-order valence-corrected chi connectivity index (χ4v) is 2.57. The van der Waals surface area contributed by atoms with Crippen LogP contribution in [0.1, 0.15) is 35.7 Å². The molecule has 126 valence electrons. The highest BCUT2D eigenvalue weighted by Crippen LogP contribution is 2.26. The van der Waals surface area contributed by atoms with Crippen molar-refractivity contribution in [3.05, 3.63) is 65.5 Å². The molecule has 24 heavy (non-hydrogen) atoms. The summed E-state index contributed by atoms with van der Waals surface area (Å²) >= 11 is 0. The van der Waals surface area contributed by atoms with E-state index in [-0.39, 0.29) is 17.6 Å². The number of halogens is 1. The zero-order chi connectivity index (χ0) is 17.7. The third kappa shape index (κ3) is 4.19. The first kappa shape index (κ1) is 17.7. The van der Waals surface area contributed by atoms with E-state index < -0.39 is 11.9 Å². The second-order valence-electron chi connectivity index (χ2n) is 5.83. The van der Waals surface area contributed by atoms with Gasteiger partial charge in [0.25, 0.3) is 0 Å². The average Bonchev–Trinajstić information content (AvgIpc) is 2.56. The average molecular weight is 329 g/mol. The topological polar surface area (TPSA) is 55.4 Å². The first-order chi connectivity index (χ1) is 11.4. The summed E-state index contributed by atoms with van der Waals surface area (Å²) < 4.78 is 17.8. The van der Waals surface area contributed by atoms with E-state index in [1.54, 1.807) is 36.4 Å². The smallest absolute Gasteiger partial charge is 0.337 e. The molecular formula is C19H20FNO3. The lowest BCUT2D eigenvalue weighted by molar-refractivity contribution is -0.118. The molecule has 0 aliphatic heterocycles. The molecule has 0 bridgehead atoms. The number of carbonyl (C=O) groups is 2. The van der Waals surface area contributed by atoms with Crippen LogP contribution in [0.2, 0.25) is 0 Å². The Bertz CT molecular complexity index is 726. The first-order valence-electron chi connectivity index (χ1n) is 7.67. The summed E-state index contributed by atoms with van der Waals surface area (Å²) in [6, 6.07) is 12.5. The predicted octanol–water partition coefficient (Wildman–Crippen LogP) is 3.99. The van der Waals surface area contributed by atoms with E-state index in [9.17, 15) is 14.0 Å². The molecule has 4 nitrogen and oxygen atoms in total. The van der Waals surface area contributed by atoms with Gasteiger partial charge in [0.05, 0.1) is 18.6 Å². The van der Waals surface area contributed by atoms with Gasteiger partial charge in [0.2, 0.25) is 5.91 Å². The summed E-state index contributed by atoms with van der Waals surface area (Å²) in [5, 5.41) is 2.82. The van der Waals surface area contributed by atoms with Crippen LogP contribution in [0.15, 0.2) is 48.5 Å². The van der Waals surface area contributed by atoms with Gasteiger partial charge >= 0.3 is 5.97 Å². The number of benzene rings is 2. The molecule has 0 radical (unpaired) electrons. The van der Waals surface area contributed by atoms with Crippen LogP contribution >= 0.6 is 0 Å². The Morgan fingerprint density at radius 3 is 2.33 bits per heavy atom. The SMILES string of the molecule is COC(=O)c1cccc(NC(=O)C(c2ccc(F)cc2)C(C)C)c1. The van der Waals surface area contributed by atoms with Gasteiger partial charge in [-0.15, -0.1) is 0 Å². The van der Waals surface area contributed by atoms with E-state index in [2.05, 4.69) is 10.1 Å². The van der Waals surface area contributed by atoms with Crippen LogP contribution in [-0.4, -0.2) is 19.0 Å². The normalized spacial score (nSPS) is 11.9. The van der Waals surface area contributed by atoms with Crippen LogP contribution in [0.4, 0.5) is 10.1 Å². The molecule has 1 N–H and O–H groups in total. The molecule has 0 heterocycles. The summed E-state index contributed by atoms with van der Waals surface area (Å²) in [4.78, 5) is 24.2. The number of esters is 1. The van der Waals surface area contributed by atoms with Crippen molar-refractivity contribution < 1.29 is 18.7 Å². The van der Waals surface area contributed by atoms with Crippen LogP contribution in [0.25, 0.3) is 0 Å². The van der Waals surface area contributed by atoms with Gasteiger partial charge in [0, 0.05) is 5.69 Å².